The summed E-state index contributed by atoms with van der Waals surface area (Å²) in [5, 5.41) is 2.76. The van der Waals surface area contributed by atoms with Crippen LogP contribution >= 0.6 is 15.9 Å². The second-order valence-electron chi connectivity index (χ2n) is 7.43. The van der Waals surface area contributed by atoms with Gasteiger partial charge >= 0.3 is 0 Å². The predicted molar refractivity (Wildman–Crippen MR) is 133 cm³/mol. The second-order valence-corrected chi connectivity index (χ2v) is 10.2. The standard InChI is InChI=1S/C24H25BrN2O5S/c1-16-10-17(2)12-20(11-16)27(15-24(28)26-19-7-5-6-18(25)13-19)33(29,30)21-8-9-22(31-3)23(14-21)32-4/h5-14H,15H2,1-4H3,(H,26,28). The van der Waals surface area contributed by atoms with Crippen molar-refractivity contribution in [3.8, 4) is 11.5 Å². The first-order chi connectivity index (χ1) is 15.6. The van der Waals surface area contributed by atoms with Crippen molar-refractivity contribution in [3.05, 3.63) is 76.3 Å². The Morgan fingerprint density at radius 3 is 2.21 bits per heavy atom. The van der Waals surface area contributed by atoms with Gasteiger partial charge in [-0.15, -0.1) is 0 Å². The van der Waals surface area contributed by atoms with Crippen molar-refractivity contribution in [2.24, 2.45) is 0 Å². The summed E-state index contributed by atoms with van der Waals surface area (Å²) < 4.78 is 39.8. The van der Waals surface area contributed by atoms with Crippen LogP contribution in [0.5, 0.6) is 11.5 Å². The molecule has 3 aromatic rings. The van der Waals surface area contributed by atoms with E-state index in [1.165, 1.54) is 32.4 Å². The number of benzene rings is 3. The molecule has 9 heteroatoms. The minimum atomic E-state index is -4.11. The maximum absolute atomic E-state index is 13.7. The van der Waals surface area contributed by atoms with Crippen LogP contribution in [-0.2, 0) is 14.8 Å². The quantitative estimate of drug-likeness (QED) is 0.445. The minimum Gasteiger partial charge on any atom is -0.493 e. The molecule has 0 saturated carbocycles. The number of hydrogen-bond donors (Lipinski definition) is 1. The Balaban J connectivity index is 2.03. The van der Waals surface area contributed by atoms with E-state index in [1.54, 1.807) is 30.3 Å². The zero-order chi connectivity index (χ0) is 24.2. The number of halogens is 1. The highest BCUT2D eigenvalue weighted by molar-refractivity contribution is 9.10. The maximum Gasteiger partial charge on any atom is 0.264 e. The highest BCUT2D eigenvalue weighted by atomic mass is 79.9. The van der Waals surface area contributed by atoms with Crippen molar-refractivity contribution in [1.29, 1.82) is 0 Å². The molecule has 1 amide bonds. The molecule has 0 aliphatic rings. The van der Waals surface area contributed by atoms with Gasteiger partial charge in [0.1, 0.15) is 6.54 Å². The Labute approximate surface area is 202 Å². The number of anilines is 2. The molecule has 3 rings (SSSR count). The summed E-state index contributed by atoms with van der Waals surface area (Å²) in [4.78, 5) is 12.9. The summed E-state index contributed by atoms with van der Waals surface area (Å²) in [6, 6.07) is 16.8. The van der Waals surface area contributed by atoms with Crippen LogP contribution in [0, 0.1) is 13.8 Å². The maximum atomic E-state index is 13.7. The van der Waals surface area contributed by atoms with Gasteiger partial charge in [-0.3, -0.25) is 9.10 Å². The van der Waals surface area contributed by atoms with Gasteiger partial charge in [0, 0.05) is 16.2 Å². The Bertz CT molecular complexity index is 1260. The van der Waals surface area contributed by atoms with Gasteiger partial charge in [0.05, 0.1) is 24.8 Å². The summed E-state index contributed by atoms with van der Waals surface area (Å²) in [6.07, 6.45) is 0. The average Bonchev–Trinajstić information content (AvgIpc) is 2.76. The van der Waals surface area contributed by atoms with E-state index < -0.39 is 22.5 Å². The number of methoxy groups -OCH3 is 2. The number of hydrogen-bond acceptors (Lipinski definition) is 5. The normalized spacial score (nSPS) is 11.1. The second kappa shape index (κ2) is 10.3. The third-order valence-corrected chi connectivity index (χ3v) is 7.10. The molecule has 7 nitrogen and oxygen atoms in total. The van der Waals surface area contributed by atoms with Crippen LogP contribution in [0.4, 0.5) is 11.4 Å². The molecular formula is C24H25BrN2O5S. The van der Waals surface area contributed by atoms with Crippen molar-refractivity contribution in [2.75, 3.05) is 30.4 Å². The van der Waals surface area contributed by atoms with Crippen LogP contribution in [0.2, 0.25) is 0 Å². The molecule has 1 N–H and O–H groups in total. The van der Waals surface area contributed by atoms with E-state index in [4.69, 9.17) is 9.47 Å². The number of amides is 1. The molecule has 0 aromatic heterocycles. The fourth-order valence-electron chi connectivity index (χ4n) is 3.41. The van der Waals surface area contributed by atoms with E-state index in [-0.39, 0.29) is 10.6 Å². The van der Waals surface area contributed by atoms with Crippen LogP contribution in [0.25, 0.3) is 0 Å². The van der Waals surface area contributed by atoms with E-state index in [9.17, 15) is 13.2 Å². The molecule has 0 spiro atoms. The van der Waals surface area contributed by atoms with Gasteiger partial charge in [0.25, 0.3) is 10.0 Å². The number of ether oxygens (including phenoxy) is 2. The third kappa shape index (κ3) is 5.85. The van der Waals surface area contributed by atoms with Gasteiger partial charge in [-0.05, 0) is 67.4 Å². The molecule has 0 radical (unpaired) electrons. The number of carbonyl (C=O) groups is 1. The summed E-state index contributed by atoms with van der Waals surface area (Å²) in [5.41, 5.74) is 2.71. The monoisotopic (exact) mass is 532 g/mol. The van der Waals surface area contributed by atoms with Crippen LogP contribution in [-0.4, -0.2) is 35.1 Å². The largest absolute Gasteiger partial charge is 0.493 e. The zero-order valence-corrected chi connectivity index (χ0v) is 21.2. The lowest BCUT2D eigenvalue weighted by atomic mass is 10.1. The smallest absolute Gasteiger partial charge is 0.264 e. The fourth-order valence-corrected chi connectivity index (χ4v) is 5.23. The number of rotatable bonds is 8. The molecule has 0 aliphatic heterocycles. The SMILES string of the molecule is COc1ccc(S(=O)(=O)N(CC(=O)Nc2cccc(Br)c2)c2cc(C)cc(C)c2)cc1OC. The van der Waals surface area contributed by atoms with Gasteiger partial charge < -0.3 is 14.8 Å². The molecular weight excluding hydrogens is 508 g/mol. The molecule has 0 bridgehead atoms. The Kier molecular flexibility index (Phi) is 7.65. The molecule has 0 heterocycles. The first-order valence-electron chi connectivity index (χ1n) is 10.0. The fraction of sp³-hybridized carbons (Fsp3) is 0.208. The number of nitrogens with zero attached hydrogens (tertiary/aromatic N) is 1. The Hall–Kier alpha value is -3.04. The summed E-state index contributed by atoms with van der Waals surface area (Å²) in [7, 11) is -1.21. The lowest BCUT2D eigenvalue weighted by Gasteiger charge is -2.25. The van der Waals surface area contributed by atoms with Gasteiger partial charge in [-0.2, -0.15) is 0 Å². The number of carbonyl (C=O) groups excluding carboxylic acids is 1. The third-order valence-electron chi connectivity index (χ3n) is 4.83. The molecule has 0 fully saturated rings. The van der Waals surface area contributed by atoms with E-state index in [2.05, 4.69) is 21.2 Å². The van der Waals surface area contributed by atoms with Crippen molar-refractivity contribution >= 4 is 43.2 Å². The minimum absolute atomic E-state index is 0.0189. The van der Waals surface area contributed by atoms with Crippen LogP contribution in [0.1, 0.15) is 11.1 Å². The first-order valence-corrected chi connectivity index (χ1v) is 12.3. The summed E-state index contributed by atoms with van der Waals surface area (Å²) in [6.45, 7) is 3.34. The van der Waals surface area contributed by atoms with Crippen LogP contribution < -0.4 is 19.1 Å². The van der Waals surface area contributed by atoms with Crippen molar-refractivity contribution in [2.45, 2.75) is 18.7 Å². The molecule has 33 heavy (non-hydrogen) atoms. The Morgan fingerprint density at radius 2 is 1.61 bits per heavy atom. The lowest BCUT2D eigenvalue weighted by Crippen LogP contribution is -2.38. The number of aryl methyl sites for hydroxylation is 2. The predicted octanol–water partition coefficient (Wildman–Crippen LogP) is 4.92. The molecule has 0 aliphatic carbocycles. The van der Waals surface area contributed by atoms with E-state index in [0.717, 1.165) is 19.9 Å². The molecule has 0 atom stereocenters. The molecule has 0 unspecified atom stereocenters. The summed E-state index contributed by atoms with van der Waals surface area (Å²) >= 11 is 3.36. The average molecular weight is 533 g/mol. The van der Waals surface area contributed by atoms with E-state index in [1.807, 2.05) is 26.0 Å². The van der Waals surface area contributed by atoms with Gasteiger partial charge in [0.2, 0.25) is 5.91 Å². The molecule has 174 valence electrons. The highest BCUT2D eigenvalue weighted by Crippen LogP contribution is 2.32. The van der Waals surface area contributed by atoms with E-state index >= 15 is 0 Å². The van der Waals surface area contributed by atoms with Crippen molar-refractivity contribution in [3.63, 3.8) is 0 Å². The summed E-state index contributed by atoms with van der Waals surface area (Å²) in [5.74, 6) is 0.204. The van der Waals surface area contributed by atoms with Crippen LogP contribution in [0.15, 0.2) is 70.0 Å². The molecule has 3 aromatic carbocycles. The van der Waals surface area contributed by atoms with E-state index in [0.29, 0.717) is 17.1 Å². The lowest BCUT2D eigenvalue weighted by molar-refractivity contribution is -0.114. The molecule has 0 saturated heterocycles. The van der Waals surface area contributed by atoms with Gasteiger partial charge in [0.15, 0.2) is 11.5 Å². The van der Waals surface area contributed by atoms with Crippen molar-refractivity contribution < 1.29 is 22.7 Å². The highest BCUT2D eigenvalue weighted by Gasteiger charge is 2.28. The number of nitrogens with one attached hydrogen (secondary N) is 1. The van der Waals surface area contributed by atoms with Gasteiger partial charge in [-0.1, -0.05) is 28.1 Å². The topological polar surface area (TPSA) is 84.9 Å². The van der Waals surface area contributed by atoms with Gasteiger partial charge in [-0.25, -0.2) is 8.42 Å². The van der Waals surface area contributed by atoms with Crippen LogP contribution in [0.3, 0.4) is 0 Å². The first kappa shape index (κ1) is 24.6. The number of sulfonamides is 1. The zero-order valence-electron chi connectivity index (χ0n) is 18.8. The van der Waals surface area contributed by atoms with Crippen molar-refractivity contribution in [1.82, 2.24) is 0 Å². The Morgan fingerprint density at radius 1 is 0.939 bits per heavy atom.